The van der Waals surface area contributed by atoms with Gasteiger partial charge in [-0.15, -0.1) is 0 Å². The summed E-state index contributed by atoms with van der Waals surface area (Å²) < 4.78 is 9.70. The number of hydrogen-bond acceptors (Lipinski definition) is 4. The van der Waals surface area contributed by atoms with E-state index < -0.39 is 12.2 Å². The van der Waals surface area contributed by atoms with Gasteiger partial charge in [0.05, 0.1) is 25.3 Å². The van der Waals surface area contributed by atoms with Gasteiger partial charge in [0.1, 0.15) is 0 Å². The number of carbonyl (C=O) groups is 2. The number of amides is 2. The summed E-state index contributed by atoms with van der Waals surface area (Å²) in [6.45, 7) is 4.20. The Hall–Kier alpha value is -1.46. The van der Waals surface area contributed by atoms with Crippen LogP contribution in [0.1, 0.15) is 39.5 Å². The van der Waals surface area contributed by atoms with Gasteiger partial charge in [-0.2, -0.15) is 0 Å². The van der Waals surface area contributed by atoms with Crippen LogP contribution in [0.5, 0.6) is 0 Å². The maximum absolute atomic E-state index is 11.4. The molecule has 2 N–H and O–H groups in total. The van der Waals surface area contributed by atoms with Crippen LogP contribution in [0.15, 0.2) is 0 Å². The van der Waals surface area contributed by atoms with Gasteiger partial charge in [-0.25, -0.2) is 9.59 Å². The first-order valence-corrected chi connectivity index (χ1v) is 6.54. The highest BCUT2D eigenvalue weighted by Gasteiger charge is 2.28. The van der Waals surface area contributed by atoms with Crippen LogP contribution in [0.3, 0.4) is 0 Å². The molecule has 1 fully saturated rings. The molecular weight excluding hydrogens is 236 g/mol. The second-order valence-electron chi connectivity index (χ2n) is 4.23. The summed E-state index contributed by atoms with van der Waals surface area (Å²) in [4.78, 5) is 22.8. The Morgan fingerprint density at radius 3 is 1.67 bits per heavy atom. The van der Waals surface area contributed by atoms with Crippen LogP contribution in [-0.2, 0) is 9.47 Å². The normalized spacial score (nSPS) is 23.0. The largest absolute Gasteiger partial charge is 0.450 e. The van der Waals surface area contributed by atoms with Gasteiger partial charge in [0.2, 0.25) is 0 Å². The van der Waals surface area contributed by atoms with E-state index in [9.17, 15) is 9.59 Å². The predicted molar refractivity (Wildman–Crippen MR) is 66.4 cm³/mol. The van der Waals surface area contributed by atoms with Gasteiger partial charge in [-0.05, 0) is 26.7 Å². The van der Waals surface area contributed by atoms with Crippen molar-refractivity contribution in [2.24, 2.45) is 0 Å². The lowest BCUT2D eigenvalue weighted by Gasteiger charge is -2.32. The van der Waals surface area contributed by atoms with Crippen molar-refractivity contribution in [3.63, 3.8) is 0 Å². The smallest absolute Gasteiger partial charge is 0.407 e. The highest BCUT2D eigenvalue weighted by molar-refractivity contribution is 5.69. The van der Waals surface area contributed by atoms with Crippen molar-refractivity contribution in [1.29, 1.82) is 0 Å². The highest BCUT2D eigenvalue weighted by atomic mass is 16.6. The van der Waals surface area contributed by atoms with Gasteiger partial charge in [-0.1, -0.05) is 12.8 Å². The molecule has 0 radical (unpaired) electrons. The van der Waals surface area contributed by atoms with E-state index in [1.807, 2.05) is 0 Å². The van der Waals surface area contributed by atoms with Crippen molar-refractivity contribution >= 4 is 12.2 Å². The molecular formula is C12H22N2O4. The zero-order valence-electron chi connectivity index (χ0n) is 11.0. The van der Waals surface area contributed by atoms with Crippen molar-refractivity contribution in [3.05, 3.63) is 0 Å². The van der Waals surface area contributed by atoms with E-state index in [1.54, 1.807) is 13.8 Å². The third-order valence-corrected chi connectivity index (χ3v) is 2.92. The molecule has 6 heteroatoms. The van der Waals surface area contributed by atoms with Gasteiger partial charge in [0.25, 0.3) is 0 Å². The molecule has 0 aliphatic heterocycles. The Kier molecular flexibility index (Phi) is 6.32. The van der Waals surface area contributed by atoms with Gasteiger partial charge >= 0.3 is 12.2 Å². The minimum atomic E-state index is -0.431. The summed E-state index contributed by atoms with van der Waals surface area (Å²) in [5.74, 6) is 0. The van der Waals surface area contributed by atoms with Crippen molar-refractivity contribution in [2.75, 3.05) is 13.2 Å². The summed E-state index contributed by atoms with van der Waals surface area (Å²) in [6.07, 6.45) is 2.90. The molecule has 2 amide bonds. The van der Waals surface area contributed by atoms with Crippen LogP contribution in [0.25, 0.3) is 0 Å². The van der Waals surface area contributed by atoms with Crippen LogP contribution < -0.4 is 10.6 Å². The molecule has 0 aromatic carbocycles. The zero-order chi connectivity index (χ0) is 13.4. The van der Waals surface area contributed by atoms with Gasteiger partial charge < -0.3 is 20.1 Å². The van der Waals surface area contributed by atoms with Crippen molar-refractivity contribution in [2.45, 2.75) is 51.6 Å². The number of nitrogens with one attached hydrogen (secondary N) is 2. The number of ether oxygens (including phenoxy) is 2. The number of rotatable bonds is 4. The molecule has 1 saturated carbocycles. The van der Waals surface area contributed by atoms with E-state index in [-0.39, 0.29) is 12.1 Å². The standard InChI is InChI=1S/C12H22N2O4/c1-3-17-11(15)13-9-7-5-6-8-10(9)14-12(16)18-4-2/h9-10H,3-8H2,1-2H3,(H,13,15)(H,14,16)/t9-,10+. The number of alkyl carbamates (subject to hydrolysis) is 2. The van der Waals surface area contributed by atoms with Crippen molar-refractivity contribution < 1.29 is 19.1 Å². The predicted octanol–water partition coefficient (Wildman–Crippen LogP) is 1.79. The van der Waals surface area contributed by atoms with Gasteiger partial charge in [-0.3, -0.25) is 0 Å². The fourth-order valence-corrected chi connectivity index (χ4v) is 2.12. The third kappa shape index (κ3) is 4.81. The molecule has 0 saturated heterocycles. The van der Waals surface area contributed by atoms with Crippen LogP contribution in [0.4, 0.5) is 9.59 Å². The highest BCUT2D eigenvalue weighted by Crippen LogP contribution is 2.18. The van der Waals surface area contributed by atoms with Gasteiger partial charge in [0.15, 0.2) is 0 Å². The Bertz CT molecular complexity index is 255. The maximum Gasteiger partial charge on any atom is 0.407 e. The summed E-state index contributed by atoms with van der Waals surface area (Å²) in [7, 11) is 0. The van der Waals surface area contributed by atoms with E-state index in [2.05, 4.69) is 10.6 Å². The first kappa shape index (κ1) is 14.6. The lowest BCUT2D eigenvalue weighted by molar-refractivity contribution is 0.129. The van der Waals surface area contributed by atoms with E-state index in [4.69, 9.17) is 9.47 Å². The summed E-state index contributed by atoms with van der Waals surface area (Å²) in [5, 5.41) is 5.57. The molecule has 0 heterocycles. The summed E-state index contributed by atoms with van der Waals surface area (Å²) >= 11 is 0. The van der Waals surface area contributed by atoms with Gasteiger partial charge in [0, 0.05) is 0 Å². The zero-order valence-corrected chi connectivity index (χ0v) is 11.0. The fraction of sp³-hybridized carbons (Fsp3) is 0.833. The maximum atomic E-state index is 11.4. The summed E-state index contributed by atoms with van der Waals surface area (Å²) in [5.41, 5.74) is 0. The second-order valence-corrected chi connectivity index (χ2v) is 4.23. The Balaban J connectivity index is 2.46. The topological polar surface area (TPSA) is 76.7 Å². The Morgan fingerprint density at radius 2 is 1.33 bits per heavy atom. The minimum Gasteiger partial charge on any atom is -0.450 e. The Labute approximate surface area is 107 Å². The molecule has 1 aliphatic rings. The van der Waals surface area contributed by atoms with Crippen LogP contribution >= 0.6 is 0 Å². The van der Waals surface area contributed by atoms with E-state index in [1.165, 1.54) is 0 Å². The molecule has 0 unspecified atom stereocenters. The van der Waals surface area contributed by atoms with Crippen LogP contribution in [-0.4, -0.2) is 37.5 Å². The van der Waals surface area contributed by atoms with Crippen molar-refractivity contribution in [3.8, 4) is 0 Å². The SMILES string of the molecule is CCOC(=O)N[C@H]1CCCC[C@H]1NC(=O)OCC. The lowest BCUT2D eigenvalue weighted by Crippen LogP contribution is -2.53. The molecule has 18 heavy (non-hydrogen) atoms. The van der Waals surface area contributed by atoms with E-state index in [0.717, 1.165) is 25.7 Å². The van der Waals surface area contributed by atoms with Crippen LogP contribution in [0, 0.1) is 0 Å². The molecule has 0 spiro atoms. The quantitative estimate of drug-likeness (QED) is 0.806. The first-order chi connectivity index (χ1) is 8.67. The molecule has 6 nitrogen and oxygen atoms in total. The second kappa shape index (κ2) is 7.79. The Morgan fingerprint density at radius 1 is 0.944 bits per heavy atom. The molecule has 1 rings (SSSR count). The number of hydrogen-bond donors (Lipinski definition) is 2. The molecule has 0 bridgehead atoms. The van der Waals surface area contributed by atoms with E-state index in [0.29, 0.717) is 13.2 Å². The monoisotopic (exact) mass is 258 g/mol. The molecule has 104 valence electrons. The molecule has 2 atom stereocenters. The molecule has 0 aromatic rings. The van der Waals surface area contributed by atoms with E-state index >= 15 is 0 Å². The average Bonchev–Trinajstić information content (AvgIpc) is 2.32. The average molecular weight is 258 g/mol. The lowest BCUT2D eigenvalue weighted by atomic mass is 9.90. The third-order valence-electron chi connectivity index (χ3n) is 2.92. The summed E-state index contributed by atoms with van der Waals surface area (Å²) in [6, 6.07) is -0.163. The minimum absolute atomic E-state index is 0.0813. The molecule has 0 aromatic heterocycles. The number of carbonyl (C=O) groups excluding carboxylic acids is 2. The van der Waals surface area contributed by atoms with Crippen LogP contribution in [0.2, 0.25) is 0 Å². The fourth-order valence-electron chi connectivity index (χ4n) is 2.12. The molecule has 1 aliphatic carbocycles. The first-order valence-electron chi connectivity index (χ1n) is 6.54. The van der Waals surface area contributed by atoms with Crippen molar-refractivity contribution in [1.82, 2.24) is 10.6 Å².